The Kier molecular flexibility index (Phi) is 8.93. The topological polar surface area (TPSA) is 49.6 Å². The molecule has 0 aromatic heterocycles. The van der Waals surface area contributed by atoms with Crippen molar-refractivity contribution in [3.8, 4) is 0 Å². The van der Waals surface area contributed by atoms with Gasteiger partial charge in [0.25, 0.3) is 0 Å². The SMILES string of the molecule is CCC(CC)C(=O)N(CCC(N)=S)CCN(C)C. The van der Waals surface area contributed by atoms with Crippen LogP contribution in [-0.2, 0) is 4.79 Å². The minimum absolute atomic E-state index is 0.124. The van der Waals surface area contributed by atoms with Crippen molar-refractivity contribution in [2.45, 2.75) is 33.1 Å². The highest BCUT2D eigenvalue weighted by Crippen LogP contribution is 2.12. The van der Waals surface area contributed by atoms with E-state index in [4.69, 9.17) is 18.0 Å². The molecule has 0 spiro atoms. The molecule has 0 rings (SSSR count). The summed E-state index contributed by atoms with van der Waals surface area (Å²) in [5.74, 6) is 0.358. The molecule has 0 aliphatic rings. The molecule has 18 heavy (non-hydrogen) atoms. The first kappa shape index (κ1) is 17.3. The second kappa shape index (κ2) is 9.28. The Labute approximate surface area is 116 Å². The van der Waals surface area contributed by atoms with Crippen molar-refractivity contribution in [3.05, 3.63) is 0 Å². The first-order chi connectivity index (χ1) is 8.42. The Bertz CT molecular complexity index is 265. The van der Waals surface area contributed by atoms with Gasteiger partial charge in [-0.05, 0) is 26.9 Å². The van der Waals surface area contributed by atoms with Gasteiger partial charge in [0, 0.05) is 32.0 Å². The van der Waals surface area contributed by atoms with Gasteiger partial charge in [-0.1, -0.05) is 26.1 Å². The quantitative estimate of drug-likeness (QED) is 0.647. The molecule has 1 amide bonds. The molecule has 0 aromatic carbocycles. The Morgan fingerprint density at radius 3 is 2.11 bits per heavy atom. The summed E-state index contributed by atoms with van der Waals surface area (Å²) in [5.41, 5.74) is 5.52. The molecule has 0 saturated heterocycles. The lowest BCUT2D eigenvalue weighted by Crippen LogP contribution is -2.41. The largest absolute Gasteiger partial charge is 0.393 e. The standard InChI is InChI=1S/C13H27N3OS/c1-5-11(6-2)13(17)16(8-7-12(14)18)10-9-15(3)4/h11H,5-10H2,1-4H3,(H2,14,18). The van der Waals surface area contributed by atoms with Gasteiger partial charge in [-0.15, -0.1) is 0 Å². The van der Waals surface area contributed by atoms with E-state index in [1.807, 2.05) is 19.0 Å². The number of hydrogen-bond donors (Lipinski definition) is 1. The van der Waals surface area contributed by atoms with Gasteiger partial charge < -0.3 is 15.5 Å². The van der Waals surface area contributed by atoms with Crippen LogP contribution in [0.5, 0.6) is 0 Å². The molecule has 0 bridgehead atoms. The molecule has 2 N–H and O–H groups in total. The summed E-state index contributed by atoms with van der Waals surface area (Å²) in [7, 11) is 4.01. The summed E-state index contributed by atoms with van der Waals surface area (Å²) in [5, 5.41) is 0. The Balaban J connectivity index is 4.51. The average Bonchev–Trinajstić information content (AvgIpc) is 2.29. The fourth-order valence-electron chi connectivity index (χ4n) is 1.79. The van der Waals surface area contributed by atoms with Crippen LogP contribution in [0.25, 0.3) is 0 Å². The normalized spacial score (nSPS) is 11.0. The molecule has 0 saturated carbocycles. The lowest BCUT2D eigenvalue weighted by atomic mass is 10.0. The molecule has 0 aliphatic carbocycles. The predicted octanol–water partition coefficient (Wildman–Crippen LogP) is 1.49. The van der Waals surface area contributed by atoms with Gasteiger partial charge in [-0.25, -0.2) is 0 Å². The summed E-state index contributed by atoms with van der Waals surface area (Å²) in [4.78, 5) is 16.8. The molecule has 0 fully saturated rings. The fourth-order valence-corrected chi connectivity index (χ4v) is 1.89. The van der Waals surface area contributed by atoms with Crippen LogP contribution in [0.15, 0.2) is 0 Å². The van der Waals surface area contributed by atoms with Crippen molar-refractivity contribution in [1.82, 2.24) is 9.80 Å². The second-order valence-corrected chi connectivity index (χ2v) is 5.38. The Hall–Kier alpha value is -0.680. The van der Waals surface area contributed by atoms with Gasteiger partial charge in [-0.3, -0.25) is 4.79 Å². The number of nitrogens with two attached hydrogens (primary N) is 1. The smallest absolute Gasteiger partial charge is 0.225 e. The molecule has 0 heterocycles. The van der Waals surface area contributed by atoms with Gasteiger partial charge in [0.2, 0.25) is 5.91 Å². The number of carbonyl (C=O) groups excluding carboxylic acids is 1. The molecular weight excluding hydrogens is 246 g/mol. The maximum absolute atomic E-state index is 12.4. The fraction of sp³-hybridized carbons (Fsp3) is 0.846. The van der Waals surface area contributed by atoms with Crippen LogP contribution in [0.1, 0.15) is 33.1 Å². The van der Waals surface area contributed by atoms with Crippen molar-refractivity contribution in [1.29, 1.82) is 0 Å². The predicted molar refractivity (Wildman–Crippen MR) is 80.6 cm³/mol. The van der Waals surface area contributed by atoms with Crippen LogP contribution in [0.2, 0.25) is 0 Å². The number of hydrogen-bond acceptors (Lipinski definition) is 3. The van der Waals surface area contributed by atoms with Crippen LogP contribution in [0.3, 0.4) is 0 Å². The van der Waals surface area contributed by atoms with E-state index in [1.165, 1.54) is 0 Å². The minimum atomic E-state index is 0.124. The number of rotatable bonds is 9. The summed E-state index contributed by atoms with van der Waals surface area (Å²) in [6.07, 6.45) is 2.39. The van der Waals surface area contributed by atoms with E-state index in [-0.39, 0.29) is 11.8 Å². The molecule has 4 nitrogen and oxygen atoms in total. The molecule has 0 aromatic rings. The average molecular weight is 273 g/mol. The second-order valence-electron chi connectivity index (χ2n) is 4.86. The number of thiocarbonyl (C=S) groups is 1. The van der Waals surface area contributed by atoms with E-state index < -0.39 is 0 Å². The zero-order valence-corrected chi connectivity index (χ0v) is 12.9. The zero-order chi connectivity index (χ0) is 14.1. The molecule has 0 unspecified atom stereocenters. The van der Waals surface area contributed by atoms with Crippen LogP contribution >= 0.6 is 12.2 Å². The first-order valence-corrected chi connectivity index (χ1v) is 7.04. The highest BCUT2D eigenvalue weighted by atomic mass is 32.1. The van der Waals surface area contributed by atoms with Gasteiger partial charge in [-0.2, -0.15) is 0 Å². The number of carbonyl (C=O) groups is 1. The van der Waals surface area contributed by atoms with E-state index >= 15 is 0 Å². The Morgan fingerprint density at radius 2 is 1.72 bits per heavy atom. The van der Waals surface area contributed by atoms with E-state index in [9.17, 15) is 4.79 Å². The van der Waals surface area contributed by atoms with E-state index in [0.717, 1.165) is 25.9 Å². The van der Waals surface area contributed by atoms with E-state index in [1.54, 1.807) is 0 Å². The molecule has 0 aliphatic heterocycles. The molecule has 0 atom stereocenters. The molecule has 106 valence electrons. The third-order valence-electron chi connectivity index (χ3n) is 3.09. The van der Waals surface area contributed by atoms with Crippen molar-refractivity contribution in [2.24, 2.45) is 11.7 Å². The summed E-state index contributed by atoms with van der Waals surface area (Å²) < 4.78 is 0. The number of nitrogens with zero attached hydrogens (tertiary/aromatic N) is 2. The van der Waals surface area contributed by atoms with Crippen molar-refractivity contribution in [3.63, 3.8) is 0 Å². The third kappa shape index (κ3) is 6.91. The van der Waals surface area contributed by atoms with Gasteiger partial charge in [0.1, 0.15) is 0 Å². The highest BCUT2D eigenvalue weighted by Gasteiger charge is 2.21. The summed E-state index contributed by atoms with van der Waals surface area (Å²) in [6, 6.07) is 0. The monoisotopic (exact) mass is 273 g/mol. The van der Waals surface area contributed by atoms with Crippen molar-refractivity contribution >= 4 is 23.1 Å². The third-order valence-corrected chi connectivity index (χ3v) is 3.30. The maximum atomic E-state index is 12.4. The van der Waals surface area contributed by atoms with Gasteiger partial charge >= 0.3 is 0 Å². The van der Waals surface area contributed by atoms with Crippen molar-refractivity contribution in [2.75, 3.05) is 33.7 Å². The van der Waals surface area contributed by atoms with Gasteiger partial charge in [0.15, 0.2) is 0 Å². The van der Waals surface area contributed by atoms with Crippen LogP contribution in [0, 0.1) is 5.92 Å². The zero-order valence-electron chi connectivity index (χ0n) is 12.1. The van der Waals surface area contributed by atoms with Crippen LogP contribution in [-0.4, -0.2) is 54.4 Å². The highest BCUT2D eigenvalue weighted by molar-refractivity contribution is 7.80. The number of likely N-dealkylation sites (N-methyl/N-ethyl adjacent to an activating group) is 1. The summed E-state index contributed by atoms with van der Waals surface area (Å²) in [6.45, 7) is 6.36. The molecule has 0 radical (unpaired) electrons. The van der Waals surface area contributed by atoms with Crippen LogP contribution in [0.4, 0.5) is 0 Å². The first-order valence-electron chi connectivity index (χ1n) is 6.64. The Morgan fingerprint density at radius 1 is 1.17 bits per heavy atom. The molecular formula is C13H27N3OS. The minimum Gasteiger partial charge on any atom is -0.393 e. The van der Waals surface area contributed by atoms with E-state index in [2.05, 4.69) is 18.7 Å². The van der Waals surface area contributed by atoms with Gasteiger partial charge in [0.05, 0.1) is 4.99 Å². The van der Waals surface area contributed by atoms with Crippen molar-refractivity contribution < 1.29 is 4.79 Å². The lowest BCUT2D eigenvalue weighted by molar-refractivity contribution is -0.135. The molecule has 5 heteroatoms. The number of amides is 1. The maximum Gasteiger partial charge on any atom is 0.225 e. The lowest BCUT2D eigenvalue weighted by Gasteiger charge is -2.27. The van der Waals surface area contributed by atoms with E-state index in [0.29, 0.717) is 18.0 Å². The summed E-state index contributed by atoms with van der Waals surface area (Å²) >= 11 is 4.89. The van der Waals surface area contributed by atoms with Crippen LogP contribution < -0.4 is 5.73 Å².